The monoisotopic (exact) mass is 469 g/mol. The third-order valence-electron chi connectivity index (χ3n) is 6.05. The number of imide groups is 1. The molecule has 1 N–H and O–H groups in total. The second-order valence-corrected chi connectivity index (χ2v) is 10.4. The molecule has 0 atom stereocenters. The van der Waals surface area contributed by atoms with E-state index in [1.165, 1.54) is 14.8 Å². The van der Waals surface area contributed by atoms with E-state index in [0.717, 1.165) is 5.56 Å². The quantitative estimate of drug-likeness (QED) is 0.447. The van der Waals surface area contributed by atoms with Crippen molar-refractivity contribution in [3.05, 3.63) is 70.8 Å². The molecule has 0 radical (unpaired) electrons. The molecular formula is C24H27N3O5S. The lowest BCUT2D eigenvalue weighted by Gasteiger charge is -2.28. The summed E-state index contributed by atoms with van der Waals surface area (Å²) in [6.45, 7) is 1.30. The van der Waals surface area contributed by atoms with Crippen LogP contribution in [0.3, 0.4) is 0 Å². The summed E-state index contributed by atoms with van der Waals surface area (Å²) in [4.78, 5) is 37.9. The summed E-state index contributed by atoms with van der Waals surface area (Å²) in [6.07, 6.45) is 1.54. The highest BCUT2D eigenvalue weighted by Gasteiger charge is 2.34. The van der Waals surface area contributed by atoms with Gasteiger partial charge in [-0.3, -0.25) is 19.3 Å². The molecule has 2 aliphatic heterocycles. The van der Waals surface area contributed by atoms with Crippen LogP contribution >= 0.6 is 0 Å². The van der Waals surface area contributed by atoms with E-state index in [0.29, 0.717) is 43.5 Å². The fraction of sp³-hybridized carbons (Fsp3) is 0.375. The van der Waals surface area contributed by atoms with Crippen LogP contribution in [-0.4, -0.2) is 60.7 Å². The minimum absolute atomic E-state index is 0.0233. The number of hydrogen-bond donors (Lipinski definition) is 1. The summed E-state index contributed by atoms with van der Waals surface area (Å²) in [5.74, 6) is -0.913. The Labute approximate surface area is 193 Å². The summed E-state index contributed by atoms with van der Waals surface area (Å²) < 4.78 is 26.8. The van der Waals surface area contributed by atoms with Crippen LogP contribution in [0.1, 0.15) is 51.1 Å². The van der Waals surface area contributed by atoms with E-state index in [2.05, 4.69) is 5.32 Å². The topological polar surface area (TPSA) is 104 Å². The van der Waals surface area contributed by atoms with E-state index in [1.54, 1.807) is 24.3 Å². The first kappa shape index (κ1) is 23.1. The summed E-state index contributed by atoms with van der Waals surface area (Å²) >= 11 is 0. The van der Waals surface area contributed by atoms with E-state index >= 15 is 0 Å². The summed E-state index contributed by atoms with van der Waals surface area (Å²) in [6, 6.07) is 14.5. The molecule has 2 aromatic rings. The summed E-state index contributed by atoms with van der Waals surface area (Å²) in [5.41, 5.74) is 3.02. The van der Waals surface area contributed by atoms with Gasteiger partial charge in [0.1, 0.15) is 0 Å². The van der Waals surface area contributed by atoms with Gasteiger partial charge < -0.3 is 5.32 Å². The molecule has 0 fully saturated rings. The standard InChI is InChI=1S/C24H27N3O5S/c28-22(11-5-14-27-23(29)20-9-3-4-10-21(20)24(27)30)25-13-6-16-33(31,32)26-15-12-18-7-1-2-8-19(18)17-26/h1-4,7-10H,5-6,11-17H2,(H,25,28). The van der Waals surface area contributed by atoms with Gasteiger partial charge in [0.25, 0.3) is 11.8 Å². The van der Waals surface area contributed by atoms with Crippen molar-refractivity contribution in [2.24, 2.45) is 0 Å². The molecule has 2 heterocycles. The van der Waals surface area contributed by atoms with Gasteiger partial charge in [-0.1, -0.05) is 36.4 Å². The first-order chi connectivity index (χ1) is 15.9. The molecule has 0 saturated carbocycles. The molecule has 4 rings (SSSR count). The van der Waals surface area contributed by atoms with Crippen molar-refractivity contribution in [2.75, 3.05) is 25.4 Å². The van der Waals surface area contributed by atoms with Gasteiger partial charge in [0.2, 0.25) is 15.9 Å². The number of amides is 3. The maximum atomic E-state index is 12.7. The van der Waals surface area contributed by atoms with Gasteiger partial charge in [-0.25, -0.2) is 8.42 Å². The molecule has 0 aliphatic carbocycles. The van der Waals surface area contributed by atoms with E-state index in [4.69, 9.17) is 0 Å². The average molecular weight is 470 g/mol. The van der Waals surface area contributed by atoms with Crippen molar-refractivity contribution >= 4 is 27.7 Å². The Morgan fingerprint density at radius 3 is 2.24 bits per heavy atom. The Morgan fingerprint density at radius 2 is 1.55 bits per heavy atom. The van der Waals surface area contributed by atoms with E-state index in [9.17, 15) is 22.8 Å². The van der Waals surface area contributed by atoms with E-state index in [-0.39, 0.29) is 43.0 Å². The molecule has 174 valence electrons. The maximum Gasteiger partial charge on any atom is 0.261 e. The molecule has 0 unspecified atom stereocenters. The van der Waals surface area contributed by atoms with Crippen LogP contribution in [-0.2, 0) is 27.8 Å². The third kappa shape index (κ3) is 5.15. The number of carbonyl (C=O) groups excluding carboxylic acids is 3. The van der Waals surface area contributed by atoms with Crippen molar-refractivity contribution in [1.82, 2.24) is 14.5 Å². The predicted molar refractivity (Wildman–Crippen MR) is 123 cm³/mol. The maximum absolute atomic E-state index is 12.7. The number of sulfonamides is 1. The fourth-order valence-electron chi connectivity index (χ4n) is 4.25. The molecule has 0 saturated heterocycles. The minimum Gasteiger partial charge on any atom is -0.356 e. The van der Waals surface area contributed by atoms with Crippen molar-refractivity contribution in [3.8, 4) is 0 Å². The van der Waals surface area contributed by atoms with Crippen LogP contribution in [0.25, 0.3) is 0 Å². The Morgan fingerprint density at radius 1 is 0.909 bits per heavy atom. The SMILES string of the molecule is O=C(CCCN1C(=O)c2ccccc2C1=O)NCCCS(=O)(=O)N1CCc2ccccc2C1. The second kappa shape index (κ2) is 9.84. The zero-order chi connectivity index (χ0) is 23.4. The Bertz CT molecular complexity index is 1140. The molecule has 3 amide bonds. The van der Waals surface area contributed by atoms with E-state index in [1.807, 2.05) is 24.3 Å². The lowest BCUT2D eigenvalue weighted by Crippen LogP contribution is -2.38. The van der Waals surface area contributed by atoms with Gasteiger partial charge in [-0.05, 0) is 42.5 Å². The predicted octanol–water partition coefficient (Wildman–Crippen LogP) is 1.96. The van der Waals surface area contributed by atoms with Gasteiger partial charge >= 0.3 is 0 Å². The van der Waals surface area contributed by atoms with Crippen LogP contribution in [0, 0.1) is 0 Å². The number of nitrogens with zero attached hydrogens (tertiary/aromatic N) is 2. The van der Waals surface area contributed by atoms with Crippen LogP contribution in [0.5, 0.6) is 0 Å². The number of carbonyl (C=O) groups is 3. The number of rotatable bonds is 9. The number of hydrogen-bond acceptors (Lipinski definition) is 5. The third-order valence-corrected chi connectivity index (χ3v) is 7.96. The lowest BCUT2D eigenvalue weighted by molar-refractivity contribution is -0.121. The van der Waals surface area contributed by atoms with E-state index < -0.39 is 10.0 Å². The molecule has 33 heavy (non-hydrogen) atoms. The van der Waals surface area contributed by atoms with Gasteiger partial charge in [-0.2, -0.15) is 4.31 Å². The minimum atomic E-state index is -3.39. The fourth-order valence-corrected chi connectivity index (χ4v) is 5.72. The number of benzene rings is 2. The zero-order valence-corrected chi connectivity index (χ0v) is 19.1. The van der Waals surface area contributed by atoms with Gasteiger partial charge in [-0.15, -0.1) is 0 Å². The highest BCUT2D eigenvalue weighted by molar-refractivity contribution is 7.89. The van der Waals surface area contributed by atoms with Gasteiger partial charge in [0.05, 0.1) is 16.9 Å². The lowest BCUT2D eigenvalue weighted by atomic mass is 10.0. The molecule has 2 aliphatic rings. The summed E-state index contributed by atoms with van der Waals surface area (Å²) in [5, 5.41) is 2.73. The second-order valence-electron chi connectivity index (χ2n) is 8.28. The van der Waals surface area contributed by atoms with Crippen molar-refractivity contribution < 1.29 is 22.8 Å². The molecule has 0 bridgehead atoms. The normalized spacial score (nSPS) is 15.9. The van der Waals surface area contributed by atoms with Crippen molar-refractivity contribution in [1.29, 1.82) is 0 Å². The highest BCUT2D eigenvalue weighted by Crippen LogP contribution is 2.23. The van der Waals surface area contributed by atoms with Crippen LogP contribution in [0.2, 0.25) is 0 Å². The first-order valence-corrected chi connectivity index (χ1v) is 12.7. The number of nitrogens with one attached hydrogen (secondary N) is 1. The Hall–Kier alpha value is -3.04. The van der Waals surface area contributed by atoms with Crippen molar-refractivity contribution in [3.63, 3.8) is 0 Å². The highest BCUT2D eigenvalue weighted by atomic mass is 32.2. The van der Waals surface area contributed by atoms with Gasteiger partial charge in [0.15, 0.2) is 0 Å². The number of fused-ring (bicyclic) bond motifs is 2. The largest absolute Gasteiger partial charge is 0.356 e. The Balaban J connectivity index is 1.16. The smallest absolute Gasteiger partial charge is 0.261 e. The van der Waals surface area contributed by atoms with Gasteiger partial charge in [0, 0.05) is 32.6 Å². The molecule has 9 heteroatoms. The molecule has 0 aromatic heterocycles. The van der Waals surface area contributed by atoms with Crippen LogP contribution in [0.4, 0.5) is 0 Å². The molecule has 2 aromatic carbocycles. The first-order valence-electron chi connectivity index (χ1n) is 11.1. The zero-order valence-electron chi connectivity index (χ0n) is 18.3. The Kier molecular flexibility index (Phi) is 6.90. The molecular weight excluding hydrogens is 442 g/mol. The molecule has 8 nitrogen and oxygen atoms in total. The average Bonchev–Trinajstić information content (AvgIpc) is 3.06. The van der Waals surface area contributed by atoms with Crippen LogP contribution in [0.15, 0.2) is 48.5 Å². The van der Waals surface area contributed by atoms with Crippen LogP contribution < -0.4 is 5.32 Å². The summed E-state index contributed by atoms with van der Waals surface area (Å²) in [7, 11) is -3.39. The van der Waals surface area contributed by atoms with Crippen molar-refractivity contribution in [2.45, 2.75) is 32.2 Å². The molecule has 0 spiro atoms.